The predicted molar refractivity (Wildman–Crippen MR) is 334 cm³/mol. The minimum Gasteiger partial charge on any atom is -0.478 e. The molecular weight excluding hydrogens is 1120 g/mol. The Kier molecular flexibility index (Phi) is 48.3. The maximum absolute atomic E-state index is 12.8. The zero-order valence-electron chi connectivity index (χ0n) is 55.3. The number of hydrogen-bond donors (Lipinski definition) is 9. The van der Waals surface area contributed by atoms with Crippen LogP contribution in [0.5, 0.6) is 0 Å². The number of benzene rings is 1. The number of nitrogens with one attached hydrogen (secondary N) is 1. The molecule has 0 aliphatic carbocycles. The van der Waals surface area contributed by atoms with Crippen molar-refractivity contribution < 1.29 is 91.5 Å². The molecule has 4 rings (SSSR count). The molecule has 3 fully saturated rings. The van der Waals surface area contributed by atoms with Gasteiger partial charge in [0.2, 0.25) is 5.78 Å². The maximum atomic E-state index is 12.8. The molecule has 1 aromatic carbocycles. The summed E-state index contributed by atoms with van der Waals surface area (Å²) in [5.41, 5.74) is 0.146. The number of Topliss-reactive ketones (excluding diaryl/α,β-unsaturated/α-hetero) is 1. The number of aliphatic hydroxyl groups is 7. The van der Waals surface area contributed by atoms with Crippen LogP contribution in [0.3, 0.4) is 0 Å². The minimum atomic E-state index is -3.80. The van der Waals surface area contributed by atoms with E-state index in [1.54, 1.807) is 33.8 Å². The highest BCUT2D eigenvalue weighted by atomic mass is 32.2. The third-order valence-corrected chi connectivity index (χ3v) is 15.1. The molecule has 3 heterocycles. The molecule has 0 amide bonds. The van der Waals surface area contributed by atoms with Crippen LogP contribution in [0.25, 0.3) is 0 Å². The van der Waals surface area contributed by atoms with Crippen molar-refractivity contribution in [2.45, 2.75) is 215 Å². The van der Waals surface area contributed by atoms with Crippen molar-refractivity contribution in [2.75, 3.05) is 98.6 Å². The summed E-state index contributed by atoms with van der Waals surface area (Å²) in [5, 5.41) is 79.7. The largest absolute Gasteiger partial charge is 0.478 e. The number of aliphatic hydroxyl groups excluding tert-OH is 6. The van der Waals surface area contributed by atoms with E-state index in [2.05, 4.69) is 11.9 Å². The Labute approximate surface area is 512 Å². The second kappa shape index (κ2) is 47.7. The van der Waals surface area contributed by atoms with Gasteiger partial charge in [-0.2, -0.15) is 8.42 Å². The van der Waals surface area contributed by atoms with Gasteiger partial charge in [0.15, 0.2) is 6.29 Å². The van der Waals surface area contributed by atoms with Gasteiger partial charge in [0.25, 0.3) is 10.1 Å². The molecule has 0 bridgehead atoms. The Morgan fingerprint density at radius 3 is 1.98 bits per heavy atom. The average Bonchev–Trinajstić information content (AvgIpc) is 3.37. The fourth-order valence-electron chi connectivity index (χ4n) is 9.76. The minimum absolute atomic E-state index is 0.0000913. The van der Waals surface area contributed by atoms with Crippen LogP contribution in [-0.4, -0.2) is 226 Å². The van der Waals surface area contributed by atoms with E-state index in [4.69, 9.17) is 38.1 Å². The van der Waals surface area contributed by atoms with Gasteiger partial charge in [-0.3, -0.25) is 13.8 Å². The van der Waals surface area contributed by atoms with Crippen molar-refractivity contribution in [2.24, 2.45) is 23.7 Å². The van der Waals surface area contributed by atoms with E-state index in [0.717, 1.165) is 38.5 Å². The molecule has 0 saturated carbocycles. The van der Waals surface area contributed by atoms with Crippen molar-refractivity contribution in [3.8, 4) is 0 Å². The molecule has 5 unspecified atom stereocenters. The number of hydrogen-bond acceptors (Lipinski definition) is 21. The number of esters is 1. The van der Waals surface area contributed by atoms with Crippen molar-refractivity contribution >= 4 is 33.5 Å². The molecule has 23 heteroatoms. The fourth-order valence-corrected chi connectivity index (χ4v) is 10.9. The number of likely N-dealkylation sites (N-methyl/N-ethyl adjacent to an activating group) is 1. The van der Waals surface area contributed by atoms with Crippen LogP contribution in [0.4, 0.5) is 5.69 Å². The molecule has 502 valence electrons. The summed E-state index contributed by atoms with van der Waals surface area (Å²) in [4.78, 5) is 40.3. The lowest BCUT2D eigenvalue weighted by molar-refractivity contribution is -0.203. The van der Waals surface area contributed by atoms with Crippen LogP contribution in [0, 0.1) is 23.7 Å². The molecule has 0 radical (unpaired) electrons. The molecule has 0 aromatic heterocycles. The number of carboxylic acid groups (broad SMARTS) is 1. The third-order valence-electron chi connectivity index (χ3n) is 14.0. The van der Waals surface area contributed by atoms with E-state index in [1.165, 1.54) is 0 Å². The first-order valence-corrected chi connectivity index (χ1v) is 32.2. The van der Waals surface area contributed by atoms with Crippen LogP contribution >= 0.6 is 0 Å². The number of nitrogens with zero attached hydrogens (tertiary/aromatic N) is 2. The monoisotopic (exact) mass is 1240 g/mol. The topological polar surface area (TPSA) is 321 Å². The molecule has 1 aromatic rings. The van der Waals surface area contributed by atoms with Gasteiger partial charge in [0.1, 0.15) is 23.9 Å². The lowest BCUT2D eigenvalue weighted by atomic mass is 9.80. The third kappa shape index (κ3) is 35.5. The van der Waals surface area contributed by atoms with Crippen molar-refractivity contribution in [1.82, 2.24) is 10.2 Å². The average molecular weight is 1240 g/mol. The maximum Gasteiger partial charge on any atom is 0.339 e. The first-order chi connectivity index (χ1) is 39.9. The summed E-state index contributed by atoms with van der Waals surface area (Å²) in [6.45, 7) is 31.2. The zero-order chi connectivity index (χ0) is 66.2. The molecule has 22 nitrogen and oxygen atoms in total. The molecule has 3 aliphatic rings. The van der Waals surface area contributed by atoms with E-state index in [1.807, 2.05) is 112 Å². The highest BCUT2D eigenvalue weighted by Gasteiger charge is 2.39. The van der Waals surface area contributed by atoms with E-state index in [9.17, 15) is 53.4 Å². The van der Waals surface area contributed by atoms with Gasteiger partial charge >= 0.3 is 11.9 Å². The number of rotatable bonds is 20. The summed E-state index contributed by atoms with van der Waals surface area (Å²) in [5.74, 6) is -3.56. The van der Waals surface area contributed by atoms with Crippen LogP contribution < -0.4 is 10.2 Å². The number of carbonyl (C=O) groups is 3. The molecule has 3 saturated heterocycles. The van der Waals surface area contributed by atoms with Crippen molar-refractivity contribution in [1.29, 1.82) is 0 Å². The second-order valence-corrected chi connectivity index (χ2v) is 23.9. The number of ether oxygens (including phenoxy) is 5. The predicted octanol–water partition coefficient (Wildman–Crippen LogP) is 6.01. The summed E-state index contributed by atoms with van der Waals surface area (Å²) in [7, 11) is 4.64. The smallest absolute Gasteiger partial charge is 0.339 e. The number of anilines is 1. The molecular formula is C62H119N3O19S. The highest BCUT2D eigenvalue weighted by molar-refractivity contribution is 7.86. The van der Waals surface area contributed by atoms with Gasteiger partial charge in [0.05, 0.1) is 61.0 Å². The summed E-state index contributed by atoms with van der Waals surface area (Å²) in [6.07, 6.45) is 0.280. The van der Waals surface area contributed by atoms with E-state index in [0.29, 0.717) is 95.3 Å². The van der Waals surface area contributed by atoms with Crippen LogP contribution in [0.2, 0.25) is 0 Å². The number of β-amino-alcohol motifs (C(OH)–C–C–N with tert-alkyl or cyclic N) is 1. The first-order valence-electron chi connectivity index (χ1n) is 30.6. The van der Waals surface area contributed by atoms with Gasteiger partial charge in [0, 0.05) is 71.3 Å². The standard InChI is InChI=1S/C29H45NO10S.C20H39NO6.C6H12O2.C2H7N.2C2H6.CH4O/c1-6-12-30(5)25-11-10-23(19-24(25)27(32)21(3)29(33)34)9-7-13-37-14-8-15-38-16-17-41(35,36)40-28-20(2)18-26(31)39-22(28)4;1-7-16-17(23)15(22)11-21(6)10-12(2)9-20(5,26)18(24)13(3)8-14(4)19(25)27-16;1-5-2-3-6(7)4-8-5;1-3-2;3*1-2/h10-11,19-20,22,26,28,31H,3,6-9,12-18H2,1-2,4-5H3,(H,33,34);12-18,22-24,26H,7-11H2,1-6H3;5-7H,2-4H2,1H3;3H,1-2H3;2*1-2H3;2H,1H3/t20?,22-,26+,28+;12-,13+,14?,15-,16-,17?,18-,20?;5-,6?;;;;/m011..../s1. The Hall–Kier alpha value is -3.24. The van der Waals surface area contributed by atoms with Gasteiger partial charge < -0.3 is 79.7 Å². The van der Waals surface area contributed by atoms with Crippen molar-refractivity contribution in [3.05, 3.63) is 41.5 Å². The number of cyclic esters (lactones) is 1. The fraction of sp³-hybridized carbons (Fsp3) is 0.823. The second-order valence-electron chi connectivity index (χ2n) is 22.2. The quantitative estimate of drug-likeness (QED) is 0.0137. The Bertz CT molecular complexity index is 2010. The van der Waals surface area contributed by atoms with Crippen LogP contribution in [-0.2, 0) is 54.0 Å². The van der Waals surface area contributed by atoms with E-state index >= 15 is 0 Å². The SMILES string of the molecule is C=C(C(=O)O)C(=O)c1cc(CCCOCCCOCCS(=O)(=O)O[C@@H]2C(C)C[C@H](O)O[C@H]2C)ccc1N(C)CCC.CC.CC.CC[C@H]1OC(=O)C(C)C[C@H](C)[C@@H](O)C(C)(O)C[C@@H](C)CN(C)C[C@@H](O)C1O.CNC.CO.C[C@@H]1CCC(O)CO1. The number of ketones is 1. The van der Waals surface area contributed by atoms with E-state index in [-0.39, 0.29) is 42.8 Å². The Balaban J connectivity index is -0.00000130. The first kappa shape index (κ1) is 86.0. The molecule has 0 spiro atoms. The van der Waals surface area contributed by atoms with Crippen molar-refractivity contribution in [3.63, 3.8) is 0 Å². The van der Waals surface area contributed by atoms with Gasteiger partial charge in [-0.1, -0.05) is 81.9 Å². The summed E-state index contributed by atoms with van der Waals surface area (Å²) < 4.78 is 56.9. The number of aliphatic carboxylic acids is 1. The Morgan fingerprint density at radius 2 is 1.46 bits per heavy atom. The molecule has 85 heavy (non-hydrogen) atoms. The molecule has 9 N–H and O–H groups in total. The number of carboxylic acids is 1. The van der Waals surface area contributed by atoms with Gasteiger partial charge in [-0.15, -0.1) is 0 Å². The Morgan fingerprint density at radius 1 is 0.882 bits per heavy atom. The molecule has 14 atom stereocenters. The number of aryl methyl sites for hydroxylation is 1. The normalized spacial score (nSPS) is 28.3. The lowest BCUT2D eigenvalue weighted by Crippen LogP contribution is -2.47. The van der Waals surface area contributed by atoms with Crippen LogP contribution in [0.15, 0.2) is 30.4 Å². The zero-order valence-corrected chi connectivity index (χ0v) is 56.1. The van der Waals surface area contributed by atoms with Crippen LogP contribution in [0.1, 0.15) is 164 Å². The summed E-state index contributed by atoms with van der Waals surface area (Å²) >= 11 is 0. The lowest BCUT2D eigenvalue weighted by Gasteiger charge is -2.36. The summed E-state index contributed by atoms with van der Waals surface area (Å²) in [6, 6.07) is 5.50. The van der Waals surface area contributed by atoms with Gasteiger partial charge in [-0.25, -0.2) is 4.79 Å². The van der Waals surface area contributed by atoms with E-state index < -0.39 is 87.8 Å². The molecule has 3 aliphatic heterocycles. The highest BCUT2D eigenvalue weighted by Crippen LogP contribution is 2.31. The number of carbonyl (C=O) groups excluding carboxylic acids is 2. The van der Waals surface area contributed by atoms with Gasteiger partial charge in [-0.05, 0) is 135 Å².